The van der Waals surface area contributed by atoms with Crippen molar-refractivity contribution >= 4 is 17.4 Å². The SMILES string of the molecule is COc1cc(-n2cnnn2)ccc1NC(=O)CCn1nc(C)c(C(C)=O)c1C. The second-order valence-electron chi connectivity index (χ2n) is 6.26. The molecule has 0 saturated heterocycles. The van der Waals surface area contributed by atoms with Crippen molar-refractivity contribution in [3.63, 3.8) is 0 Å². The molecule has 3 rings (SSSR count). The van der Waals surface area contributed by atoms with Gasteiger partial charge in [-0.1, -0.05) is 0 Å². The largest absolute Gasteiger partial charge is 0.494 e. The highest BCUT2D eigenvalue weighted by Gasteiger charge is 2.16. The normalized spacial score (nSPS) is 10.7. The van der Waals surface area contributed by atoms with Crippen LogP contribution in [0.15, 0.2) is 24.5 Å². The number of hydrogen-bond donors (Lipinski definition) is 1. The molecule has 0 spiro atoms. The lowest BCUT2D eigenvalue weighted by Crippen LogP contribution is -2.16. The minimum absolute atomic E-state index is 0.0295. The van der Waals surface area contributed by atoms with Crippen LogP contribution in [0.4, 0.5) is 5.69 Å². The Morgan fingerprint density at radius 1 is 1.25 bits per heavy atom. The molecule has 0 atom stereocenters. The Morgan fingerprint density at radius 2 is 2.04 bits per heavy atom. The van der Waals surface area contributed by atoms with Crippen LogP contribution in [0.3, 0.4) is 0 Å². The number of methoxy groups -OCH3 is 1. The number of tetrazole rings is 1. The zero-order valence-corrected chi connectivity index (χ0v) is 16.1. The summed E-state index contributed by atoms with van der Waals surface area (Å²) in [5, 5.41) is 18.2. The first-order chi connectivity index (χ1) is 13.4. The van der Waals surface area contributed by atoms with Crippen LogP contribution in [0.2, 0.25) is 0 Å². The van der Waals surface area contributed by atoms with E-state index in [4.69, 9.17) is 4.74 Å². The van der Waals surface area contributed by atoms with Gasteiger partial charge in [0.1, 0.15) is 12.1 Å². The van der Waals surface area contributed by atoms with E-state index in [9.17, 15) is 9.59 Å². The molecule has 0 bridgehead atoms. The van der Waals surface area contributed by atoms with Crippen molar-refractivity contribution in [3.8, 4) is 11.4 Å². The van der Waals surface area contributed by atoms with E-state index < -0.39 is 0 Å². The molecule has 0 saturated carbocycles. The Labute approximate surface area is 161 Å². The third kappa shape index (κ3) is 3.90. The second-order valence-corrected chi connectivity index (χ2v) is 6.26. The number of carbonyl (C=O) groups is 2. The summed E-state index contributed by atoms with van der Waals surface area (Å²) >= 11 is 0. The first-order valence-electron chi connectivity index (χ1n) is 8.67. The van der Waals surface area contributed by atoms with Gasteiger partial charge in [0, 0.05) is 24.7 Å². The summed E-state index contributed by atoms with van der Waals surface area (Å²) in [7, 11) is 1.52. The van der Waals surface area contributed by atoms with Gasteiger partial charge in [-0.25, -0.2) is 4.68 Å². The van der Waals surface area contributed by atoms with E-state index in [0.717, 1.165) is 5.69 Å². The number of nitrogens with one attached hydrogen (secondary N) is 1. The molecule has 10 heteroatoms. The molecular formula is C18H21N7O3. The highest BCUT2D eigenvalue weighted by molar-refractivity contribution is 5.96. The Balaban J connectivity index is 1.68. The van der Waals surface area contributed by atoms with Crippen molar-refractivity contribution in [1.29, 1.82) is 0 Å². The standard InChI is InChI=1S/C18H21N7O3/c1-11-18(13(3)26)12(2)24(21-11)8-7-17(27)20-15-6-5-14(9-16(15)28-4)25-10-19-22-23-25/h5-6,9-10H,7-8H2,1-4H3,(H,20,27). The highest BCUT2D eigenvalue weighted by atomic mass is 16.5. The van der Waals surface area contributed by atoms with Gasteiger partial charge in [-0.05, 0) is 43.3 Å². The summed E-state index contributed by atoms with van der Waals surface area (Å²) in [4.78, 5) is 24.1. The average Bonchev–Trinajstić information content (AvgIpc) is 3.28. The maximum absolute atomic E-state index is 12.4. The van der Waals surface area contributed by atoms with Crippen LogP contribution in [0.5, 0.6) is 5.75 Å². The zero-order valence-electron chi connectivity index (χ0n) is 16.1. The molecule has 0 fully saturated rings. The molecule has 10 nitrogen and oxygen atoms in total. The summed E-state index contributed by atoms with van der Waals surface area (Å²) in [5.41, 5.74) is 3.30. The van der Waals surface area contributed by atoms with Crippen LogP contribution in [0, 0.1) is 13.8 Å². The van der Waals surface area contributed by atoms with Crippen molar-refractivity contribution in [3.05, 3.63) is 41.5 Å². The Morgan fingerprint density at radius 3 is 2.64 bits per heavy atom. The van der Waals surface area contributed by atoms with Crippen LogP contribution >= 0.6 is 0 Å². The number of carbonyl (C=O) groups excluding carboxylic acids is 2. The van der Waals surface area contributed by atoms with Gasteiger partial charge >= 0.3 is 0 Å². The lowest BCUT2D eigenvalue weighted by atomic mass is 10.1. The van der Waals surface area contributed by atoms with Crippen molar-refractivity contribution in [1.82, 2.24) is 30.0 Å². The first-order valence-corrected chi connectivity index (χ1v) is 8.67. The van der Waals surface area contributed by atoms with E-state index in [1.54, 1.807) is 29.8 Å². The number of aryl methyl sites for hydroxylation is 2. The molecule has 0 radical (unpaired) electrons. The molecule has 0 aliphatic carbocycles. The zero-order chi connectivity index (χ0) is 20.3. The molecule has 146 valence electrons. The molecule has 1 amide bonds. The maximum atomic E-state index is 12.4. The van der Waals surface area contributed by atoms with Gasteiger partial charge in [0.15, 0.2) is 5.78 Å². The molecule has 1 aromatic carbocycles. The van der Waals surface area contributed by atoms with Gasteiger partial charge in [-0.2, -0.15) is 5.10 Å². The topological polar surface area (TPSA) is 117 Å². The molecular weight excluding hydrogens is 362 g/mol. The van der Waals surface area contributed by atoms with Crippen LogP contribution in [-0.2, 0) is 11.3 Å². The van der Waals surface area contributed by atoms with Crippen LogP contribution < -0.4 is 10.1 Å². The minimum atomic E-state index is -0.189. The monoisotopic (exact) mass is 383 g/mol. The van der Waals surface area contributed by atoms with Gasteiger partial charge in [0.2, 0.25) is 5.91 Å². The van der Waals surface area contributed by atoms with Crippen molar-refractivity contribution in [2.75, 3.05) is 12.4 Å². The number of Topliss-reactive ketones (excluding diaryl/α,β-unsaturated/α-hetero) is 1. The molecule has 2 aromatic heterocycles. The van der Waals surface area contributed by atoms with Gasteiger partial charge < -0.3 is 10.1 Å². The Kier molecular flexibility index (Phi) is 5.48. The third-order valence-corrected chi connectivity index (χ3v) is 4.36. The van der Waals surface area contributed by atoms with Crippen LogP contribution in [0.1, 0.15) is 35.1 Å². The summed E-state index contributed by atoms with van der Waals surface area (Å²) in [6, 6.07) is 5.23. The molecule has 2 heterocycles. The lowest BCUT2D eigenvalue weighted by molar-refractivity contribution is -0.116. The molecule has 0 aliphatic rings. The van der Waals surface area contributed by atoms with E-state index in [1.165, 1.54) is 25.0 Å². The first kappa shape index (κ1) is 19.2. The fraction of sp³-hybridized carbons (Fsp3) is 0.333. The quantitative estimate of drug-likeness (QED) is 0.617. The number of hydrogen-bond acceptors (Lipinski definition) is 7. The van der Waals surface area contributed by atoms with Gasteiger partial charge in [-0.15, -0.1) is 5.10 Å². The Bertz CT molecular complexity index is 1010. The number of rotatable bonds is 7. The van der Waals surface area contributed by atoms with Gasteiger partial charge in [-0.3, -0.25) is 14.3 Å². The predicted octanol–water partition coefficient (Wildman–Crippen LogP) is 1.72. The molecule has 0 aliphatic heterocycles. The number of ether oxygens (including phenoxy) is 1. The molecule has 28 heavy (non-hydrogen) atoms. The van der Waals surface area contributed by atoms with E-state index in [1.807, 2.05) is 6.92 Å². The summed E-state index contributed by atoms with van der Waals surface area (Å²) in [5.74, 6) is 0.273. The fourth-order valence-electron chi connectivity index (χ4n) is 3.05. The van der Waals surface area contributed by atoms with Gasteiger partial charge in [0.25, 0.3) is 0 Å². The van der Waals surface area contributed by atoms with E-state index in [2.05, 4.69) is 25.9 Å². The highest BCUT2D eigenvalue weighted by Crippen LogP contribution is 2.27. The number of amides is 1. The van der Waals surface area contributed by atoms with Crippen LogP contribution in [0.25, 0.3) is 5.69 Å². The number of aromatic nitrogens is 6. The number of nitrogens with zero attached hydrogens (tertiary/aromatic N) is 6. The van der Waals surface area contributed by atoms with Gasteiger partial charge in [0.05, 0.1) is 29.7 Å². The third-order valence-electron chi connectivity index (χ3n) is 4.36. The number of benzene rings is 1. The summed E-state index contributed by atoms with van der Waals surface area (Å²) < 4.78 is 8.53. The second kappa shape index (κ2) is 7.99. The summed E-state index contributed by atoms with van der Waals surface area (Å²) in [6.07, 6.45) is 1.67. The maximum Gasteiger partial charge on any atom is 0.226 e. The fourth-order valence-corrected chi connectivity index (χ4v) is 3.05. The van der Waals surface area contributed by atoms with Crippen molar-refractivity contribution in [2.24, 2.45) is 0 Å². The predicted molar refractivity (Wildman–Crippen MR) is 101 cm³/mol. The van der Waals surface area contributed by atoms with Crippen molar-refractivity contribution in [2.45, 2.75) is 33.7 Å². The Hall–Kier alpha value is -3.56. The molecule has 3 aromatic rings. The van der Waals surface area contributed by atoms with Crippen molar-refractivity contribution < 1.29 is 14.3 Å². The smallest absolute Gasteiger partial charge is 0.226 e. The van der Waals surface area contributed by atoms with E-state index >= 15 is 0 Å². The lowest BCUT2D eigenvalue weighted by Gasteiger charge is -2.12. The number of anilines is 1. The minimum Gasteiger partial charge on any atom is -0.494 e. The number of ketones is 1. The summed E-state index contributed by atoms with van der Waals surface area (Å²) in [6.45, 7) is 5.50. The van der Waals surface area contributed by atoms with Crippen LogP contribution in [-0.4, -0.2) is 48.8 Å². The molecule has 1 N–H and O–H groups in total. The molecule has 0 unspecified atom stereocenters. The average molecular weight is 383 g/mol. The van der Waals surface area contributed by atoms with E-state index in [0.29, 0.717) is 34.9 Å². The van der Waals surface area contributed by atoms with E-state index in [-0.39, 0.29) is 18.1 Å².